The maximum atomic E-state index is 6.08. The summed E-state index contributed by atoms with van der Waals surface area (Å²) in [6, 6.07) is 10.3. The normalized spacial score (nSPS) is 13.6. The Morgan fingerprint density at radius 2 is 2.10 bits per heavy atom. The number of nitrogen functional groups attached to an aromatic ring is 1. The number of anilines is 2. The molecule has 0 bridgehead atoms. The second-order valence-electron chi connectivity index (χ2n) is 5.14. The second-order valence-corrected chi connectivity index (χ2v) is 5.14. The number of hydrogen-bond donors (Lipinski definition) is 1. The largest absolute Gasteiger partial charge is 0.398 e. The number of aromatic nitrogens is 1. The van der Waals surface area contributed by atoms with Gasteiger partial charge in [0.15, 0.2) is 0 Å². The minimum atomic E-state index is 0. The van der Waals surface area contributed by atoms with Gasteiger partial charge in [0.2, 0.25) is 0 Å². The van der Waals surface area contributed by atoms with E-state index in [9.17, 15) is 0 Å². The van der Waals surface area contributed by atoms with Gasteiger partial charge >= 0.3 is 0 Å². The topological polar surface area (TPSA) is 42.2 Å². The Kier molecular flexibility index (Phi) is 4.50. The van der Waals surface area contributed by atoms with Crippen molar-refractivity contribution in [3.8, 4) is 0 Å². The fourth-order valence-corrected chi connectivity index (χ4v) is 2.76. The van der Waals surface area contributed by atoms with Crippen LogP contribution in [0.4, 0.5) is 11.4 Å². The molecule has 1 aliphatic heterocycles. The molecule has 2 N–H and O–H groups in total. The molecular weight excluding hydrogens is 270 g/mol. The van der Waals surface area contributed by atoms with Crippen molar-refractivity contribution in [2.75, 3.05) is 17.2 Å². The first kappa shape index (κ1) is 14.7. The Morgan fingerprint density at radius 3 is 2.90 bits per heavy atom. The van der Waals surface area contributed by atoms with Gasteiger partial charge in [-0.2, -0.15) is 0 Å². The number of hydrogen-bond acceptors (Lipinski definition) is 3. The van der Waals surface area contributed by atoms with Gasteiger partial charge in [-0.1, -0.05) is 12.1 Å². The number of halogens is 1. The van der Waals surface area contributed by atoms with Gasteiger partial charge in [-0.25, -0.2) is 0 Å². The quantitative estimate of drug-likeness (QED) is 0.862. The molecule has 2 heterocycles. The molecule has 0 amide bonds. The summed E-state index contributed by atoms with van der Waals surface area (Å²) in [4.78, 5) is 6.89. The van der Waals surface area contributed by atoms with Crippen LogP contribution in [0.3, 0.4) is 0 Å². The van der Waals surface area contributed by atoms with Crippen molar-refractivity contribution in [3.05, 3.63) is 53.3 Å². The number of rotatable bonds is 2. The second kappa shape index (κ2) is 6.14. The van der Waals surface area contributed by atoms with Crippen LogP contribution in [0.15, 0.2) is 36.5 Å². The van der Waals surface area contributed by atoms with Crippen molar-refractivity contribution in [2.24, 2.45) is 0 Å². The minimum absolute atomic E-state index is 0. The molecule has 4 heteroatoms. The third-order valence-corrected chi connectivity index (χ3v) is 3.84. The van der Waals surface area contributed by atoms with E-state index in [2.05, 4.69) is 28.9 Å². The molecule has 1 aromatic carbocycles. The minimum Gasteiger partial charge on any atom is -0.398 e. The van der Waals surface area contributed by atoms with Gasteiger partial charge in [0.25, 0.3) is 0 Å². The summed E-state index contributed by atoms with van der Waals surface area (Å²) in [6.45, 7) is 4.06. The Hall–Kier alpha value is -1.74. The van der Waals surface area contributed by atoms with Gasteiger partial charge in [0.05, 0.1) is 12.2 Å². The first-order chi connectivity index (χ1) is 9.25. The highest BCUT2D eigenvalue weighted by molar-refractivity contribution is 5.85. The lowest BCUT2D eigenvalue weighted by atomic mass is 9.99. The molecule has 3 rings (SSSR count). The molecular formula is C16H20ClN3. The Morgan fingerprint density at radius 1 is 1.25 bits per heavy atom. The number of fused-ring (bicyclic) bond motifs is 1. The molecule has 0 saturated heterocycles. The van der Waals surface area contributed by atoms with Crippen molar-refractivity contribution in [2.45, 2.75) is 26.3 Å². The summed E-state index contributed by atoms with van der Waals surface area (Å²) in [5.41, 5.74) is 12.0. The molecule has 0 fully saturated rings. The van der Waals surface area contributed by atoms with Crippen LogP contribution in [0.1, 0.15) is 23.2 Å². The van der Waals surface area contributed by atoms with Crippen molar-refractivity contribution in [3.63, 3.8) is 0 Å². The van der Waals surface area contributed by atoms with Crippen LogP contribution in [0.25, 0.3) is 0 Å². The van der Waals surface area contributed by atoms with Crippen LogP contribution >= 0.6 is 12.4 Å². The van der Waals surface area contributed by atoms with Gasteiger partial charge in [-0.15, -0.1) is 12.4 Å². The Labute approximate surface area is 126 Å². The highest BCUT2D eigenvalue weighted by Crippen LogP contribution is 2.32. The van der Waals surface area contributed by atoms with Crippen LogP contribution in [-0.4, -0.2) is 11.5 Å². The molecule has 0 saturated carbocycles. The number of aryl methyl sites for hydroxylation is 1. The van der Waals surface area contributed by atoms with Gasteiger partial charge in [-0.05, 0) is 49.1 Å². The summed E-state index contributed by atoms with van der Waals surface area (Å²) in [5, 5.41) is 0. The number of pyridine rings is 1. The number of nitrogens with two attached hydrogens (primary N) is 1. The molecule has 20 heavy (non-hydrogen) atoms. The van der Waals surface area contributed by atoms with Crippen molar-refractivity contribution >= 4 is 23.8 Å². The lowest BCUT2D eigenvalue weighted by molar-refractivity contribution is 0.683. The lowest BCUT2D eigenvalue weighted by Crippen LogP contribution is -2.29. The molecule has 0 spiro atoms. The zero-order chi connectivity index (χ0) is 13.2. The van der Waals surface area contributed by atoms with Crippen molar-refractivity contribution in [1.82, 2.24) is 4.98 Å². The molecule has 0 radical (unpaired) electrons. The van der Waals surface area contributed by atoms with Gasteiger partial charge in [0, 0.05) is 24.1 Å². The van der Waals surface area contributed by atoms with Crippen LogP contribution in [-0.2, 0) is 13.0 Å². The fourth-order valence-electron chi connectivity index (χ4n) is 2.76. The van der Waals surface area contributed by atoms with E-state index in [1.807, 2.05) is 24.4 Å². The Bertz CT molecular complexity index is 598. The zero-order valence-electron chi connectivity index (χ0n) is 11.7. The maximum Gasteiger partial charge on any atom is 0.0626 e. The zero-order valence-corrected chi connectivity index (χ0v) is 12.5. The summed E-state index contributed by atoms with van der Waals surface area (Å²) >= 11 is 0. The monoisotopic (exact) mass is 289 g/mol. The van der Waals surface area contributed by atoms with Crippen LogP contribution in [0.5, 0.6) is 0 Å². The smallest absolute Gasteiger partial charge is 0.0626 e. The average molecular weight is 290 g/mol. The third-order valence-electron chi connectivity index (χ3n) is 3.84. The molecule has 2 aromatic rings. The fraction of sp³-hybridized carbons (Fsp3) is 0.312. The third kappa shape index (κ3) is 2.73. The van der Waals surface area contributed by atoms with Gasteiger partial charge in [0.1, 0.15) is 0 Å². The first-order valence-electron chi connectivity index (χ1n) is 6.78. The molecule has 0 unspecified atom stereocenters. The number of nitrogens with zero attached hydrogens (tertiary/aromatic N) is 2. The maximum absolute atomic E-state index is 6.08. The predicted molar refractivity (Wildman–Crippen MR) is 86.4 cm³/mol. The summed E-state index contributed by atoms with van der Waals surface area (Å²) in [6.07, 6.45) is 4.11. The predicted octanol–water partition coefficient (Wildman–Crippen LogP) is 3.35. The van der Waals surface area contributed by atoms with Crippen LogP contribution < -0.4 is 10.6 Å². The van der Waals surface area contributed by atoms with E-state index in [1.54, 1.807) is 0 Å². The van der Waals surface area contributed by atoms with Gasteiger partial charge in [-0.3, -0.25) is 4.98 Å². The standard InChI is InChI=1S/C16H19N3.ClH/c1-12-5-3-9-18-15(12)11-19-10-4-6-13-14(17)7-2-8-16(13)19;/h2-3,5,7-9H,4,6,10-11,17H2,1H3;1H. The van der Waals surface area contributed by atoms with Crippen LogP contribution in [0.2, 0.25) is 0 Å². The SMILES string of the molecule is Cc1cccnc1CN1CCCc2c(N)cccc21.Cl. The van der Waals surface area contributed by atoms with Crippen molar-refractivity contribution < 1.29 is 0 Å². The van der Waals surface area contributed by atoms with E-state index in [0.29, 0.717) is 0 Å². The van der Waals surface area contributed by atoms with E-state index < -0.39 is 0 Å². The van der Waals surface area contributed by atoms with E-state index in [1.165, 1.54) is 16.8 Å². The molecule has 3 nitrogen and oxygen atoms in total. The van der Waals surface area contributed by atoms with E-state index >= 15 is 0 Å². The number of benzene rings is 1. The van der Waals surface area contributed by atoms with Crippen LogP contribution in [0, 0.1) is 6.92 Å². The van der Waals surface area contributed by atoms with Gasteiger partial charge < -0.3 is 10.6 Å². The Balaban J connectivity index is 0.00000147. The first-order valence-corrected chi connectivity index (χ1v) is 6.78. The average Bonchev–Trinajstić information content (AvgIpc) is 2.42. The highest BCUT2D eigenvalue weighted by Gasteiger charge is 2.19. The highest BCUT2D eigenvalue weighted by atomic mass is 35.5. The summed E-state index contributed by atoms with van der Waals surface area (Å²) < 4.78 is 0. The molecule has 1 aromatic heterocycles. The summed E-state index contributed by atoms with van der Waals surface area (Å²) in [5.74, 6) is 0. The van der Waals surface area contributed by atoms with Crippen molar-refractivity contribution in [1.29, 1.82) is 0 Å². The molecule has 106 valence electrons. The molecule has 0 aliphatic carbocycles. The van der Waals surface area contributed by atoms with E-state index in [0.717, 1.165) is 37.3 Å². The van der Waals surface area contributed by atoms with E-state index in [-0.39, 0.29) is 12.4 Å². The van der Waals surface area contributed by atoms with E-state index in [4.69, 9.17) is 5.73 Å². The summed E-state index contributed by atoms with van der Waals surface area (Å²) in [7, 11) is 0. The molecule has 0 atom stereocenters. The molecule has 1 aliphatic rings. The lowest BCUT2D eigenvalue weighted by Gasteiger charge is -2.32.